The lowest BCUT2D eigenvalue weighted by atomic mass is 10.1. The van der Waals surface area contributed by atoms with Gasteiger partial charge >= 0.3 is 0 Å². The Morgan fingerprint density at radius 3 is 2.52 bits per heavy atom. The Bertz CT molecular complexity index is 1120. The van der Waals surface area contributed by atoms with Crippen molar-refractivity contribution in [3.05, 3.63) is 52.9 Å². The van der Waals surface area contributed by atoms with E-state index in [-0.39, 0.29) is 5.95 Å². The van der Waals surface area contributed by atoms with Crippen LogP contribution in [0.15, 0.2) is 42.4 Å². The second kappa shape index (κ2) is 9.11. The van der Waals surface area contributed by atoms with E-state index in [0.29, 0.717) is 28.0 Å². The van der Waals surface area contributed by atoms with E-state index < -0.39 is 25.9 Å². The molecule has 0 bridgehead atoms. The Morgan fingerprint density at radius 1 is 1.15 bits per heavy atom. The van der Waals surface area contributed by atoms with Crippen LogP contribution >= 0.6 is 11.6 Å². The smallest absolute Gasteiger partial charge is 0.289 e. The SMILES string of the molecule is COc1cccc(OC)c1NC(=O)C1OC(Oc2cc3c(cc2Cl)CCC[Si]3(C)C)=CC1=O. The summed E-state index contributed by atoms with van der Waals surface area (Å²) in [5.74, 6) is -0.0491. The molecule has 0 fully saturated rings. The molecule has 2 aromatic rings. The van der Waals surface area contributed by atoms with Gasteiger partial charge in [0.2, 0.25) is 11.9 Å². The van der Waals surface area contributed by atoms with E-state index >= 15 is 0 Å². The van der Waals surface area contributed by atoms with E-state index in [1.165, 1.54) is 43.5 Å². The van der Waals surface area contributed by atoms with Crippen molar-refractivity contribution in [3.8, 4) is 17.2 Å². The average Bonchev–Trinajstić information content (AvgIpc) is 3.14. The number of benzene rings is 2. The first-order valence-corrected chi connectivity index (χ1v) is 14.3. The standard InChI is InChI=1S/C24H26ClNO6Si/c1-29-17-8-5-9-18(30-2)22(17)26-24(28)23-16(27)12-21(32-23)31-19-13-20-14(11-15(19)25)7-6-10-33(20,3)4/h5,8-9,11-13,23H,6-7,10H2,1-4H3,(H,26,28). The lowest BCUT2D eigenvalue weighted by Gasteiger charge is -2.31. The summed E-state index contributed by atoms with van der Waals surface area (Å²) in [4.78, 5) is 25.3. The molecule has 7 nitrogen and oxygen atoms in total. The Kier molecular flexibility index (Phi) is 6.40. The average molecular weight is 488 g/mol. The zero-order valence-electron chi connectivity index (χ0n) is 19.0. The summed E-state index contributed by atoms with van der Waals surface area (Å²) in [6.07, 6.45) is 1.94. The third-order valence-corrected chi connectivity index (χ3v) is 9.83. The maximum Gasteiger partial charge on any atom is 0.289 e. The molecule has 33 heavy (non-hydrogen) atoms. The third-order valence-electron chi connectivity index (χ3n) is 6.01. The van der Waals surface area contributed by atoms with Gasteiger partial charge in [-0.1, -0.05) is 48.4 Å². The van der Waals surface area contributed by atoms with Gasteiger partial charge in [0, 0.05) is 0 Å². The lowest BCUT2D eigenvalue weighted by molar-refractivity contribution is -0.134. The van der Waals surface area contributed by atoms with Gasteiger partial charge in [0.25, 0.3) is 11.9 Å². The molecule has 1 atom stereocenters. The maximum atomic E-state index is 12.8. The van der Waals surface area contributed by atoms with Crippen molar-refractivity contribution >= 4 is 42.2 Å². The Balaban J connectivity index is 1.51. The number of fused-ring (bicyclic) bond motifs is 1. The van der Waals surface area contributed by atoms with Crippen molar-refractivity contribution in [3.63, 3.8) is 0 Å². The third kappa shape index (κ3) is 4.58. The zero-order valence-corrected chi connectivity index (χ0v) is 20.7. The summed E-state index contributed by atoms with van der Waals surface area (Å²) in [6.45, 7) is 4.65. The van der Waals surface area contributed by atoms with E-state index in [1.54, 1.807) is 18.2 Å². The molecule has 2 heterocycles. The van der Waals surface area contributed by atoms with E-state index in [9.17, 15) is 9.59 Å². The van der Waals surface area contributed by atoms with Crippen molar-refractivity contribution in [1.82, 2.24) is 0 Å². The zero-order chi connectivity index (χ0) is 23.8. The number of para-hydroxylation sites is 1. The quantitative estimate of drug-likeness (QED) is 0.489. The molecule has 4 rings (SSSR count). The molecule has 0 aromatic heterocycles. The fraction of sp³-hybridized carbons (Fsp3) is 0.333. The largest absolute Gasteiger partial charge is 0.494 e. The molecule has 0 spiro atoms. The second-order valence-corrected chi connectivity index (χ2v) is 13.9. The first kappa shape index (κ1) is 23.2. The molecule has 2 aliphatic heterocycles. The van der Waals surface area contributed by atoms with Gasteiger partial charge in [0.1, 0.15) is 22.9 Å². The van der Waals surface area contributed by atoms with E-state index in [4.69, 9.17) is 30.5 Å². The van der Waals surface area contributed by atoms with Crippen LogP contribution in [-0.4, -0.2) is 40.1 Å². The minimum Gasteiger partial charge on any atom is -0.494 e. The molecule has 0 radical (unpaired) electrons. The molecule has 9 heteroatoms. The van der Waals surface area contributed by atoms with Gasteiger partial charge in [-0.15, -0.1) is 0 Å². The summed E-state index contributed by atoms with van der Waals surface area (Å²) in [5, 5.41) is 4.41. The number of nitrogens with one attached hydrogen (secondary N) is 1. The fourth-order valence-electron chi connectivity index (χ4n) is 4.27. The van der Waals surface area contributed by atoms with Gasteiger partial charge in [0.15, 0.2) is 0 Å². The van der Waals surface area contributed by atoms with Crippen molar-refractivity contribution < 1.29 is 28.5 Å². The topological polar surface area (TPSA) is 83.1 Å². The van der Waals surface area contributed by atoms with Crippen LogP contribution in [0.2, 0.25) is 24.2 Å². The van der Waals surface area contributed by atoms with E-state index in [2.05, 4.69) is 18.4 Å². The summed E-state index contributed by atoms with van der Waals surface area (Å²) < 4.78 is 22.0. The fourth-order valence-corrected chi connectivity index (χ4v) is 7.42. The van der Waals surface area contributed by atoms with Gasteiger partial charge in [0.05, 0.1) is 33.4 Å². The first-order chi connectivity index (χ1) is 15.7. The highest BCUT2D eigenvalue weighted by Crippen LogP contribution is 2.35. The summed E-state index contributed by atoms with van der Waals surface area (Å²) in [6, 6.07) is 10.2. The van der Waals surface area contributed by atoms with Crippen LogP contribution in [0.5, 0.6) is 17.2 Å². The van der Waals surface area contributed by atoms with Crippen LogP contribution in [-0.2, 0) is 20.7 Å². The number of ether oxygens (including phenoxy) is 4. The number of anilines is 1. The first-order valence-electron chi connectivity index (χ1n) is 10.7. The van der Waals surface area contributed by atoms with Crippen LogP contribution in [0, 0.1) is 0 Å². The number of methoxy groups -OCH3 is 2. The Labute approximate surface area is 198 Å². The van der Waals surface area contributed by atoms with Crippen molar-refractivity contribution in [1.29, 1.82) is 0 Å². The van der Waals surface area contributed by atoms with Crippen LogP contribution in [0.4, 0.5) is 5.69 Å². The van der Waals surface area contributed by atoms with Gasteiger partial charge in [-0.25, -0.2) is 0 Å². The normalized spacial score (nSPS) is 18.6. The molecule has 0 saturated heterocycles. The highest BCUT2D eigenvalue weighted by molar-refractivity contribution is 6.90. The second-order valence-electron chi connectivity index (χ2n) is 8.67. The van der Waals surface area contributed by atoms with Crippen LogP contribution < -0.4 is 24.7 Å². The summed E-state index contributed by atoms with van der Waals surface area (Å²) in [5.41, 5.74) is 1.57. The van der Waals surface area contributed by atoms with Gasteiger partial charge in [-0.3, -0.25) is 9.59 Å². The van der Waals surface area contributed by atoms with Crippen LogP contribution in [0.3, 0.4) is 0 Å². The van der Waals surface area contributed by atoms with Crippen molar-refractivity contribution in [2.45, 2.75) is 38.1 Å². The van der Waals surface area contributed by atoms with Crippen molar-refractivity contribution in [2.24, 2.45) is 0 Å². The molecule has 1 amide bonds. The van der Waals surface area contributed by atoms with Crippen LogP contribution in [0.25, 0.3) is 0 Å². The lowest BCUT2D eigenvalue weighted by Crippen LogP contribution is -2.46. The minimum atomic E-state index is -1.58. The Morgan fingerprint density at radius 2 is 1.85 bits per heavy atom. The van der Waals surface area contributed by atoms with Gasteiger partial charge in [-0.2, -0.15) is 0 Å². The number of carbonyl (C=O) groups excluding carboxylic acids is 2. The molecule has 1 N–H and O–H groups in total. The summed E-state index contributed by atoms with van der Waals surface area (Å²) >= 11 is 6.46. The van der Waals surface area contributed by atoms with Crippen LogP contribution in [0.1, 0.15) is 12.0 Å². The molecular weight excluding hydrogens is 462 g/mol. The minimum absolute atomic E-state index is 0.0655. The summed E-state index contributed by atoms with van der Waals surface area (Å²) in [7, 11) is 1.37. The highest BCUT2D eigenvalue weighted by atomic mass is 35.5. The Hall–Kier alpha value is -2.97. The van der Waals surface area contributed by atoms with Crippen molar-refractivity contribution in [2.75, 3.05) is 19.5 Å². The molecule has 0 saturated carbocycles. The number of hydrogen-bond donors (Lipinski definition) is 1. The molecule has 2 aromatic carbocycles. The number of carbonyl (C=O) groups is 2. The molecule has 1 unspecified atom stereocenters. The monoisotopic (exact) mass is 487 g/mol. The van der Waals surface area contributed by atoms with Gasteiger partial charge in [-0.05, 0) is 36.2 Å². The number of rotatable bonds is 6. The molecule has 174 valence electrons. The maximum absolute atomic E-state index is 12.8. The highest BCUT2D eigenvalue weighted by Gasteiger charge is 2.37. The molecule has 2 aliphatic rings. The van der Waals surface area contributed by atoms with E-state index in [1.807, 2.05) is 12.1 Å². The molecular formula is C24H26ClNO6Si. The predicted octanol–water partition coefficient (Wildman–Crippen LogP) is 4.05. The number of halogens is 1. The number of aryl methyl sites for hydroxylation is 1. The number of amides is 1. The van der Waals surface area contributed by atoms with Gasteiger partial charge < -0.3 is 24.3 Å². The number of hydrogen-bond acceptors (Lipinski definition) is 6. The van der Waals surface area contributed by atoms with E-state index in [0.717, 1.165) is 6.42 Å². The number of ketones is 1. The predicted molar refractivity (Wildman–Crippen MR) is 128 cm³/mol. The molecule has 0 aliphatic carbocycles.